The minimum atomic E-state index is -0.900. The highest BCUT2D eigenvalue weighted by Gasteiger charge is 2.39. The maximum atomic E-state index is 13.2. The van der Waals surface area contributed by atoms with Crippen LogP contribution in [0.1, 0.15) is 71.9 Å². The summed E-state index contributed by atoms with van der Waals surface area (Å²) in [5, 5.41) is 9.59. The van der Waals surface area contributed by atoms with E-state index in [0.29, 0.717) is 17.7 Å². The predicted molar refractivity (Wildman–Crippen MR) is 185 cm³/mol. The fraction of sp³-hybridized carbons (Fsp3) is 0.275. The Labute approximate surface area is 272 Å². The molecule has 0 fully saturated rings. The van der Waals surface area contributed by atoms with Gasteiger partial charge in [0.1, 0.15) is 11.5 Å². The van der Waals surface area contributed by atoms with Gasteiger partial charge in [0.05, 0.1) is 12.8 Å². The molecule has 0 saturated heterocycles. The lowest BCUT2D eigenvalue weighted by molar-refractivity contribution is -0.157. The Morgan fingerprint density at radius 1 is 0.891 bits per heavy atom. The van der Waals surface area contributed by atoms with Gasteiger partial charge in [-0.25, -0.2) is 0 Å². The van der Waals surface area contributed by atoms with Crippen LogP contribution >= 0.6 is 0 Å². The molecule has 0 aliphatic heterocycles. The van der Waals surface area contributed by atoms with E-state index in [2.05, 4.69) is 0 Å². The number of Topliss-reactive ketones (excluding diaryl/α,β-unsaturated/α-hetero) is 1. The molecule has 0 spiro atoms. The average Bonchev–Trinajstić information content (AvgIpc) is 3.01. The molecule has 240 valence electrons. The van der Waals surface area contributed by atoms with Gasteiger partial charge < -0.3 is 14.6 Å². The van der Waals surface area contributed by atoms with Crippen LogP contribution in [0.15, 0.2) is 119 Å². The van der Waals surface area contributed by atoms with Gasteiger partial charge in [-0.2, -0.15) is 0 Å². The molecular formula is C40H44O6. The van der Waals surface area contributed by atoms with Gasteiger partial charge in [0.15, 0.2) is 11.9 Å². The van der Waals surface area contributed by atoms with Crippen molar-refractivity contribution in [3.8, 4) is 11.5 Å². The van der Waals surface area contributed by atoms with Gasteiger partial charge in [-0.15, -0.1) is 0 Å². The average molecular weight is 621 g/mol. The smallest absolute Gasteiger partial charge is 0.311 e. The molecule has 2 aromatic rings. The van der Waals surface area contributed by atoms with E-state index in [1.54, 1.807) is 49.4 Å². The highest BCUT2D eigenvalue weighted by Crippen LogP contribution is 2.41. The molecule has 1 atom stereocenters. The van der Waals surface area contributed by atoms with Crippen molar-refractivity contribution in [3.63, 3.8) is 0 Å². The number of esters is 2. The highest BCUT2D eigenvalue weighted by atomic mass is 16.5. The lowest BCUT2D eigenvalue weighted by Gasteiger charge is -2.36. The lowest BCUT2D eigenvalue weighted by Crippen LogP contribution is -2.39. The monoisotopic (exact) mass is 620 g/mol. The zero-order valence-electron chi connectivity index (χ0n) is 27.6. The van der Waals surface area contributed by atoms with Crippen LogP contribution in [-0.4, -0.2) is 28.9 Å². The van der Waals surface area contributed by atoms with E-state index in [1.165, 1.54) is 0 Å². The van der Waals surface area contributed by atoms with Crippen LogP contribution in [-0.2, 0) is 19.1 Å². The Bertz CT molecular complexity index is 1620. The predicted octanol–water partition coefficient (Wildman–Crippen LogP) is 9.06. The first kappa shape index (κ1) is 35.5. The van der Waals surface area contributed by atoms with Crippen molar-refractivity contribution < 1.29 is 29.0 Å². The van der Waals surface area contributed by atoms with Gasteiger partial charge in [-0.3, -0.25) is 14.4 Å². The van der Waals surface area contributed by atoms with Crippen LogP contribution in [0.4, 0.5) is 0 Å². The summed E-state index contributed by atoms with van der Waals surface area (Å²) >= 11 is 0. The molecule has 3 rings (SSSR count). The maximum absolute atomic E-state index is 13.2. The fourth-order valence-electron chi connectivity index (χ4n) is 4.99. The van der Waals surface area contributed by atoms with Gasteiger partial charge in [-0.05, 0) is 79.6 Å². The molecular weight excluding hydrogens is 576 g/mol. The summed E-state index contributed by atoms with van der Waals surface area (Å²) in [6.45, 7) is 11.8. The van der Waals surface area contributed by atoms with Gasteiger partial charge in [0, 0.05) is 6.42 Å². The van der Waals surface area contributed by atoms with Gasteiger partial charge in [0.2, 0.25) is 0 Å². The van der Waals surface area contributed by atoms with E-state index in [9.17, 15) is 19.5 Å². The summed E-state index contributed by atoms with van der Waals surface area (Å²) in [7, 11) is 0. The Hall–Kier alpha value is -4.97. The van der Waals surface area contributed by atoms with Crippen LogP contribution in [0, 0.1) is 5.41 Å². The minimum absolute atomic E-state index is 0.171. The summed E-state index contributed by atoms with van der Waals surface area (Å²) in [5.74, 6) is -0.857. The topological polar surface area (TPSA) is 89.9 Å². The molecule has 6 nitrogen and oxygen atoms in total. The van der Waals surface area contributed by atoms with E-state index in [-0.39, 0.29) is 24.4 Å². The maximum Gasteiger partial charge on any atom is 0.311 e. The van der Waals surface area contributed by atoms with Crippen LogP contribution in [0.25, 0.3) is 12.2 Å². The number of ketones is 1. The molecule has 0 heterocycles. The fourth-order valence-corrected chi connectivity index (χ4v) is 4.99. The Morgan fingerprint density at radius 3 is 2.24 bits per heavy atom. The van der Waals surface area contributed by atoms with Crippen LogP contribution in [0.5, 0.6) is 11.5 Å². The molecule has 0 saturated carbocycles. The number of hydrogen-bond donors (Lipinski definition) is 1. The quantitative estimate of drug-likeness (QED) is 0.110. The summed E-state index contributed by atoms with van der Waals surface area (Å²) in [4.78, 5) is 38.2. The molecule has 46 heavy (non-hydrogen) atoms. The molecule has 1 aliphatic rings. The Morgan fingerprint density at radius 2 is 1.54 bits per heavy atom. The number of carbonyl (C=O) groups is 3. The molecule has 0 aromatic heterocycles. The van der Waals surface area contributed by atoms with Crippen LogP contribution in [0.3, 0.4) is 0 Å². The molecule has 2 aromatic carbocycles. The van der Waals surface area contributed by atoms with Crippen LogP contribution < -0.4 is 4.74 Å². The zero-order valence-corrected chi connectivity index (χ0v) is 27.6. The van der Waals surface area contributed by atoms with Crippen molar-refractivity contribution in [2.75, 3.05) is 0 Å². The molecule has 0 amide bonds. The highest BCUT2D eigenvalue weighted by molar-refractivity contribution is 6.01. The van der Waals surface area contributed by atoms with E-state index in [4.69, 9.17) is 9.47 Å². The number of carbonyl (C=O) groups excluding carboxylic acids is 3. The van der Waals surface area contributed by atoms with Crippen molar-refractivity contribution in [3.05, 3.63) is 131 Å². The largest absolute Gasteiger partial charge is 0.508 e. The number of aromatic hydroxyl groups is 1. The van der Waals surface area contributed by atoms with Crippen molar-refractivity contribution >= 4 is 29.9 Å². The third-order valence-corrected chi connectivity index (χ3v) is 7.53. The standard InChI is InChI=1S/C40H44O6/c1-7-8-11-28(2)12-9-13-29(3)16-23-35-30(4)39(44)36(27-40(35,5)6)46-38(43)25-24-37(42)45-34-21-19-31(20-22-34)17-18-32-14-10-15-33(41)26-32/h7-23,26,36,41H,24-25,27H2,1-6H3/b8-7+,12-9+,18-17+,23-16+,28-11+,29-13+. The Balaban J connectivity index is 1.52. The van der Waals surface area contributed by atoms with Crippen molar-refractivity contribution in [2.45, 2.75) is 66.9 Å². The number of benzene rings is 2. The van der Waals surface area contributed by atoms with Crippen molar-refractivity contribution in [1.82, 2.24) is 0 Å². The first-order valence-corrected chi connectivity index (χ1v) is 15.4. The third kappa shape index (κ3) is 11.2. The first-order valence-electron chi connectivity index (χ1n) is 15.4. The molecule has 0 bridgehead atoms. The number of ether oxygens (including phenoxy) is 2. The zero-order chi connectivity index (χ0) is 33.7. The number of hydrogen-bond acceptors (Lipinski definition) is 6. The third-order valence-electron chi connectivity index (χ3n) is 7.53. The van der Waals surface area contributed by atoms with Crippen molar-refractivity contribution in [1.29, 1.82) is 0 Å². The van der Waals surface area contributed by atoms with Gasteiger partial charge >= 0.3 is 11.9 Å². The number of phenolic OH excluding ortho intramolecular Hbond substituents is 1. The van der Waals surface area contributed by atoms with Gasteiger partial charge in [-0.1, -0.05) is 110 Å². The summed E-state index contributed by atoms with van der Waals surface area (Å²) < 4.78 is 10.9. The Kier molecular flexibility index (Phi) is 13.1. The van der Waals surface area contributed by atoms with E-state index >= 15 is 0 Å². The SMILES string of the molecule is C/C=C/C=C(C)/C=C/C=C(C)/C=C/C1=C(C)C(=O)C(OC(=O)CCC(=O)Oc2ccc(/C=C/c3cccc(O)c3)cc2)CC1(C)C. The van der Waals surface area contributed by atoms with E-state index in [0.717, 1.165) is 27.8 Å². The summed E-state index contributed by atoms with van der Waals surface area (Å²) in [5.41, 5.74) is 5.01. The molecule has 6 heteroatoms. The normalized spacial score (nSPS) is 17.5. The van der Waals surface area contributed by atoms with Crippen molar-refractivity contribution in [2.24, 2.45) is 5.41 Å². The number of rotatable bonds is 12. The lowest BCUT2D eigenvalue weighted by atomic mass is 9.71. The second kappa shape index (κ2) is 16.9. The second-order valence-electron chi connectivity index (χ2n) is 12.0. The van der Waals surface area contributed by atoms with Crippen LogP contribution in [0.2, 0.25) is 0 Å². The number of allylic oxidation sites excluding steroid dienone is 11. The first-order chi connectivity index (χ1) is 21.9. The molecule has 1 unspecified atom stereocenters. The van der Waals surface area contributed by atoms with E-state index < -0.39 is 23.5 Å². The molecule has 0 radical (unpaired) electrons. The minimum Gasteiger partial charge on any atom is -0.508 e. The molecule has 1 N–H and O–H groups in total. The van der Waals surface area contributed by atoms with Gasteiger partial charge in [0.25, 0.3) is 0 Å². The summed E-state index contributed by atoms with van der Waals surface area (Å²) in [6, 6.07) is 13.8. The second-order valence-corrected chi connectivity index (χ2v) is 12.0. The summed E-state index contributed by atoms with van der Waals surface area (Å²) in [6.07, 6.45) is 18.9. The van der Waals surface area contributed by atoms with E-state index in [1.807, 2.05) is 101 Å². The number of phenols is 1. The molecule has 1 aliphatic carbocycles.